The average Bonchev–Trinajstić information content (AvgIpc) is 2.72. The van der Waals surface area contributed by atoms with Crippen molar-refractivity contribution in [3.63, 3.8) is 0 Å². The zero-order chi connectivity index (χ0) is 14.7. The highest BCUT2D eigenvalue weighted by Crippen LogP contribution is 2.28. The van der Waals surface area contributed by atoms with E-state index in [0.717, 1.165) is 24.2 Å². The molecule has 2 rings (SSSR count). The standard InChI is InChI=1S/C11H13F2N5OS/c1-3-4-14-8-6(12)5-7(13)9(15-8)20-11-17-16-10(19)18(11)2/h5H,3-4H2,1-2H3,(H,14,15)(H,16,19). The molecule has 0 radical (unpaired) electrons. The molecule has 9 heteroatoms. The molecule has 0 spiro atoms. The molecule has 6 nitrogen and oxygen atoms in total. The lowest BCUT2D eigenvalue weighted by Gasteiger charge is -2.08. The molecular formula is C11H13F2N5OS. The highest BCUT2D eigenvalue weighted by atomic mass is 32.2. The van der Waals surface area contributed by atoms with Crippen molar-refractivity contribution >= 4 is 17.6 Å². The maximum Gasteiger partial charge on any atom is 0.343 e. The number of hydrogen-bond acceptors (Lipinski definition) is 5. The quantitative estimate of drug-likeness (QED) is 0.880. The summed E-state index contributed by atoms with van der Waals surface area (Å²) in [6.45, 7) is 2.45. The van der Waals surface area contributed by atoms with Crippen LogP contribution in [0.4, 0.5) is 14.6 Å². The minimum atomic E-state index is -0.801. The van der Waals surface area contributed by atoms with E-state index in [1.54, 1.807) is 0 Å². The van der Waals surface area contributed by atoms with E-state index in [9.17, 15) is 13.6 Å². The van der Waals surface area contributed by atoms with Crippen molar-refractivity contribution in [3.8, 4) is 0 Å². The van der Waals surface area contributed by atoms with Crippen LogP contribution in [0.3, 0.4) is 0 Å². The van der Waals surface area contributed by atoms with Gasteiger partial charge in [-0.2, -0.15) is 0 Å². The van der Waals surface area contributed by atoms with Gasteiger partial charge in [-0.3, -0.25) is 4.57 Å². The number of hydrogen-bond donors (Lipinski definition) is 2. The SMILES string of the molecule is CCCNc1nc(Sc2n[nH]c(=O)n2C)c(F)cc1F. The Kier molecular flexibility index (Phi) is 4.38. The molecule has 2 aromatic heterocycles. The van der Waals surface area contributed by atoms with Crippen LogP contribution in [0, 0.1) is 11.6 Å². The number of H-pyrrole nitrogens is 1. The monoisotopic (exact) mass is 301 g/mol. The second kappa shape index (κ2) is 6.04. The van der Waals surface area contributed by atoms with Crippen molar-refractivity contribution in [2.24, 2.45) is 7.05 Å². The Morgan fingerprint density at radius 2 is 2.20 bits per heavy atom. The lowest BCUT2D eigenvalue weighted by Crippen LogP contribution is -2.13. The Hall–Kier alpha value is -1.90. The molecule has 0 aliphatic heterocycles. The zero-order valence-electron chi connectivity index (χ0n) is 10.9. The van der Waals surface area contributed by atoms with Crippen LogP contribution in [0.5, 0.6) is 0 Å². The molecule has 2 heterocycles. The summed E-state index contributed by atoms with van der Waals surface area (Å²) < 4.78 is 28.4. The molecule has 0 bridgehead atoms. The van der Waals surface area contributed by atoms with E-state index < -0.39 is 17.3 Å². The third-order valence-electron chi connectivity index (χ3n) is 2.47. The average molecular weight is 301 g/mol. The van der Waals surface area contributed by atoms with Crippen LogP contribution >= 0.6 is 11.8 Å². The number of aromatic amines is 1. The topological polar surface area (TPSA) is 75.6 Å². The number of halogens is 2. The van der Waals surface area contributed by atoms with Crippen LogP contribution in [-0.2, 0) is 7.05 Å². The Morgan fingerprint density at radius 3 is 2.80 bits per heavy atom. The van der Waals surface area contributed by atoms with Gasteiger partial charge in [-0.25, -0.2) is 23.7 Å². The lowest BCUT2D eigenvalue weighted by atomic mass is 10.4. The largest absolute Gasteiger partial charge is 0.368 e. The highest BCUT2D eigenvalue weighted by molar-refractivity contribution is 7.99. The predicted octanol–water partition coefficient (Wildman–Crippen LogP) is 1.75. The van der Waals surface area contributed by atoms with E-state index in [0.29, 0.717) is 6.54 Å². The minimum Gasteiger partial charge on any atom is -0.368 e. The van der Waals surface area contributed by atoms with Crippen molar-refractivity contribution in [1.29, 1.82) is 0 Å². The zero-order valence-corrected chi connectivity index (χ0v) is 11.7. The Labute approximate surface area is 117 Å². The Bertz CT molecular complexity index is 669. The molecule has 2 N–H and O–H groups in total. The van der Waals surface area contributed by atoms with Gasteiger partial charge in [0.1, 0.15) is 5.03 Å². The molecule has 0 saturated carbocycles. The van der Waals surface area contributed by atoms with Crippen LogP contribution in [0.15, 0.2) is 21.0 Å². The van der Waals surface area contributed by atoms with Crippen molar-refractivity contribution in [2.75, 3.05) is 11.9 Å². The van der Waals surface area contributed by atoms with Gasteiger partial charge in [0.05, 0.1) is 0 Å². The molecule has 0 aliphatic rings. The van der Waals surface area contributed by atoms with Gasteiger partial charge >= 0.3 is 5.69 Å². The van der Waals surface area contributed by atoms with E-state index in [1.165, 1.54) is 11.6 Å². The first-order chi connectivity index (χ1) is 9.52. The van der Waals surface area contributed by atoms with E-state index in [1.807, 2.05) is 6.92 Å². The summed E-state index contributed by atoms with van der Waals surface area (Å²) in [4.78, 5) is 15.1. The number of nitrogens with zero attached hydrogens (tertiary/aromatic N) is 3. The second-order valence-corrected chi connectivity index (χ2v) is 4.96. The van der Waals surface area contributed by atoms with Crippen LogP contribution in [0.1, 0.15) is 13.3 Å². The molecular weight excluding hydrogens is 288 g/mol. The van der Waals surface area contributed by atoms with Crippen molar-refractivity contribution in [3.05, 3.63) is 28.2 Å². The van der Waals surface area contributed by atoms with E-state index in [-0.39, 0.29) is 16.0 Å². The predicted molar refractivity (Wildman–Crippen MR) is 70.9 cm³/mol. The fourth-order valence-corrected chi connectivity index (χ4v) is 2.18. The van der Waals surface area contributed by atoms with Crippen molar-refractivity contribution < 1.29 is 8.78 Å². The van der Waals surface area contributed by atoms with Gasteiger partial charge in [0, 0.05) is 19.7 Å². The number of anilines is 1. The van der Waals surface area contributed by atoms with Gasteiger partial charge < -0.3 is 5.32 Å². The molecule has 0 unspecified atom stereocenters. The fraction of sp³-hybridized carbons (Fsp3) is 0.364. The Balaban J connectivity index is 2.31. The van der Waals surface area contributed by atoms with Crippen LogP contribution in [0.2, 0.25) is 0 Å². The highest BCUT2D eigenvalue weighted by Gasteiger charge is 2.15. The summed E-state index contributed by atoms with van der Waals surface area (Å²) in [5, 5.41) is 8.94. The summed E-state index contributed by atoms with van der Waals surface area (Å²) in [6, 6.07) is 0.762. The number of aromatic nitrogens is 4. The molecule has 0 atom stereocenters. The summed E-state index contributed by atoms with van der Waals surface area (Å²) in [6.07, 6.45) is 0.787. The summed E-state index contributed by atoms with van der Waals surface area (Å²) in [7, 11) is 1.49. The molecule has 0 aliphatic carbocycles. The fourth-order valence-electron chi connectivity index (χ4n) is 1.40. The summed E-state index contributed by atoms with van der Waals surface area (Å²) in [5.41, 5.74) is -0.417. The number of pyridine rings is 1. The summed E-state index contributed by atoms with van der Waals surface area (Å²) in [5.74, 6) is -1.57. The molecule has 2 aromatic rings. The first-order valence-corrected chi connectivity index (χ1v) is 6.73. The van der Waals surface area contributed by atoms with E-state index >= 15 is 0 Å². The van der Waals surface area contributed by atoms with E-state index in [2.05, 4.69) is 20.5 Å². The third-order valence-corrected chi connectivity index (χ3v) is 3.49. The van der Waals surface area contributed by atoms with Gasteiger partial charge in [-0.1, -0.05) is 6.92 Å². The van der Waals surface area contributed by atoms with Gasteiger partial charge in [0.15, 0.2) is 22.6 Å². The first kappa shape index (κ1) is 14.5. The maximum atomic E-state index is 13.7. The molecule has 0 amide bonds. The molecule has 0 aromatic carbocycles. The smallest absolute Gasteiger partial charge is 0.343 e. The van der Waals surface area contributed by atoms with Crippen LogP contribution < -0.4 is 11.0 Å². The number of nitrogens with one attached hydrogen (secondary N) is 2. The molecule has 0 fully saturated rings. The van der Waals surface area contributed by atoms with Crippen molar-refractivity contribution in [1.82, 2.24) is 19.7 Å². The second-order valence-electron chi connectivity index (χ2n) is 4.00. The maximum absolute atomic E-state index is 13.7. The Morgan fingerprint density at radius 1 is 1.45 bits per heavy atom. The van der Waals surface area contributed by atoms with Gasteiger partial charge in [0.2, 0.25) is 0 Å². The summed E-state index contributed by atoms with van der Waals surface area (Å²) >= 11 is 0.846. The van der Waals surface area contributed by atoms with Crippen LogP contribution in [-0.4, -0.2) is 26.3 Å². The molecule has 108 valence electrons. The van der Waals surface area contributed by atoms with Crippen LogP contribution in [0.25, 0.3) is 0 Å². The normalized spacial score (nSPS) is 10.8. The third kappa shape index (κ3) is 2.98. The van der Waals surface area contributed by atoms with Crippen molar-refractivity contribution in [2.45, 2.75) is 23.5 Å². The lowest BCUT2D eigenvalue weighted by molar-refractivity contribution is 0.550. The first-order valence-electron chi connectivity index (χ1n) is 5.92. The number of rotatable bonds is 5. The molecule has 20 heavy (non-hydrogen) atoms. The van der Waals surface area contributed by atoms with Gasteiger partial charge in [-0.15, -0.1) is 5.10 Å². The van der Waals surface area contributed by atoms with Gasteiger partial charge in [-0.05, 0) is 18.2 Å². The van der Waals surface area contributed by atoms with Gasteiger partial charge in [0.25, 0.3) is 0 Å². The van der Waals surface area contributed by atoms with E-state index in [4.69, 9.17) is 0 Å². The molecule has 0 saturated heterocycles. The minimum absolute atomic E-state index is 0.0173.